The number of benzene rings is 1. The predicted octanol–water partition coefficient (Wildman–Crippen LogP) is 7.23. The third-order valence-electron chi connectivity index (χ3n) is 5.75. The molecule has 0 aliphatic heterocycles. The summed E-state index contributed by atoms with van der Waals surface area (Å²) in [5, 5.41) is 0. The van der Waals surface area contributed by atoms with E-state index in [9.17, 15) is 9.59 Å². The molecule has 5 nitrogen and oxygen atoms in total. The van der Waals surface area contributed by atoms with E-state index in [1.54, 1.807) is 30.3 Å². The van der Waals surface area contributed by atoms with Gasteiger partial charge in [0, 0.05) is 13.1 Å². The molecule has 5 heteroatoms. The van der Waals surface area contributed by atoms with Crippen LogP contribution in [-0.4, -0.2) is 36.5 Å². The molecule has 0 aliphatic carbocycles. The minimum absolute atomic E-state index is 0.102. The molecule has 0 aromatic heterocycles. The lowest BCUT2D eigenvalue weighted by Gasteiger charge is -2.14. The van der Waals surface area contributed by atoms with Crippen LogP contribution in [-0.2, 0) is 14.3 Å². The monoisotopic (exact) mass is 471 g/mol. The number of nitrogens with zero attached hydrogens (tertiary/aromatic N) is 1. The third-order valence-corrected chi connectivity index (χ3v) is 5.75. The van der Waals surface area contributed by atoms with Crippen LogP contribution in [0.5, 0.6) is 5.75 Å². The van der Waals surface area contributed by atoms with E-state index in [1.807, 2.05) is 26.1 Å². The van der Waals surface area contributed by atoms with Gasteiger partial charge in [0.25, 0.3) is 0 Å². The highest BCUT2D eigenvalue weighted by molar-refractivity contribution is 6.14. The number of esters is 2. The van der Waals surface area contributed by atoms with E-state index in [1.165, 1.54) is 57.4 Å². The summed E-state index contributed by atoms with van der Waals surface area (Å²) in [5.74, 6) is -0.958. The standard InChI is InChI=1S/C29H45NO4/c1-4-7-8-9-10-11-12-13-14-15-19-25-33-28(31)27(23-20-24-30(5-2)6-3)29(32)34-26-21-17-16-18-22-26/h16-18,20-24H,4-15,19,25H2,1-3H3/b24-20+,27-23-. The topological polar surface area (TPSA) is 55.8 Å². The van der Waals surface area contributed by atoms with Crippen LogP contribution in [0.2, 0.25) is 0 Å². The summed E-state index contributed by atoms with van der Waals surface area (Å²) in [7, 11) is 0. The summed E-state index contributed by atoms with van der Waals surface area (Å²) in [5.41, 5.74) is -0.102. The molecule has 0 heterocycles. The molecule has 0 fully saturated rings. The Labute approximate surface area is 207 Å². The largest absolute Gasteiger partial charge is 0.462 e. The molecule has 0 aliphatic rings. The number of carbonyl (C=O) groups excluding carboxylic acids is 2. The van der Waals surface area contributed by atoms with Crippen LogP contribution in [0.15, 0.2) is 54.3 Å². The van der Waals surface area contributed by atoms with Crippen LogP contribution in [0.1, 0.15) is 91.4 Å². The number of allylic oxidation sites excluding steroid dienone is 2. The average molecular weight is 472 g/mol. The van der Waals surface area contributed by atoms with Gasteiger partial charge in [-0.1, -0.05) is 89.3 Å². The molecule has 190 valence electrons. The van der Waals surface area contributed by atoms with Gasteiger partial charge in [-0.3, -0.25) is 0 Å². The number of rotatable bonds is 19. The Morgan fingerprint density at radius 2 is 1.32 bits per heavy atom. The maximum absolute atomic E-state index is 12.6. The first-order valence-electron chi connectivity index (χ1n) is 13.2. The van der Waals surface area contributed by atoms with Gasteiger partial charge < -0.3 is 14.4 Å². The second-order valence-corrected chi connectivity index (χ2v) is 8.52. The molecule has 0 atom stereocenters. The van der Waals surface area contributed by atoms with Gasteiger partial charge in [0.15, 0.2) is 0 Å². The Hall–Kier alpha value is -2.56. The molecular weight excluding hydrogens is 426 g/mol. The van der Waals surface area contributed by atoms with Crippen molar-refractivity contribution < 1.29 is 19.1 Å². The van der Waals surface area contributed by atoms with E-state index >= 15 is 0 Å². The molecule has 0 bridgehead atoms. The molecule has 0 saturated heterocycles. The normalized spacial score (nSPS) is 11.6. The summed E-state index contributed by atoms with van der Waals surface area (Å²) in [6.07, 6.45) is 18.5. The van der Waals surface area contributed by atoms with Crippen molar-refractivity contribution in [3.05, 3.63) is 54.3 Å². The Balaban J connectivity index is 2.44. The molecule has 34 heavy (non-hydrogen) atoms. The Kier molecular flexibility index (Phi) is 17.2. The fourth-order valence-corrected chi connectivity index (χ4v) is 3.57. The fourth-order valence-electron chi connectivity index (χ4n) is 3.57. The minimum atomic E-state index is -0.709. The number of hydrogen-bond donors (Lipinski definition) is 0. The van der Waals surface area contributed by atoms with E-state index in [-0.39, 0.29) is 5.57 Å². The average Bonchev–Trinajstić information content (AvgIpc) is 2.85. The van der Waals surface area contributed by atoms with Crippen LogP contribution in [0, 0.1) is 0 Å². The highest BCUT2D eigenvalue weighted by Gasteiger charge is 2.21. The zero-order chi connectivity index (χ0) is 24.9. The lowest BCUT2D eigenvalue weighted by Crippen LogP contribution is -2.21. The minimum Gasteiger partial charge on any atom is -0.462 e. The summed E-state index contributed by atoms with van der Waals surface area (Å²) >= 11 is 0. The van der Waals surface area contributed by atoms with Gasteiger partial charge in [-0.2, -0.15) is 0 Å². The number of unbranched alkanes of at least 4 members (excludes halogenated alkanes) is 10. The highest BCUT2D eigenvalue weighted by Crippen LogP contribution is 2.14. The molecule has 0 N–H and O–H groups in total. The van der Waals surface area contributed by atoms with Gasteiger partial charge in [-0.25, -0.2) is 9.59 Å². The smallest absolute Gasteiger partial charge is 0.350 e. The quantitative estimate of drug-likeness (QED) is 0.0405. The maximum atomic E-state index is 12.6. The summed E-state index contributed by atoms with van der Waals surface area (Å²) < 4.78 is 10.8. The number of para-hydroxylation sites is 1. The Morgan fingerprint density at radius 1 is 0.765 bits per heavy atom. The van der Waals surface area contributed by atoms with Crippen molar-refractivity contribution in [2.45, 2.75) is 91.4 Å². The van der Waals surface area contributed by atoms with Crippen LogP contribution < -0.4 is 4.74 Å². The van der Waals surface area contributed by atoms with Crippen molar-refractivity contribution in [2.24, 2.45) is 0 Å². The van der Waals surface area contributed by atoms with Gasteiger partial charge in [0.2, 0.25) is 0 Å². The van der Waals surface area contributed by atoms with Gasteiger partial charge >= 0.3 is 11.9 Å². The number of carbonyl (C=O) groups is 2. The van der Waals surface area contributed by atoms with Crippen molar-refractivity contribution >= 4 is 11.9 Å². The van der Waals surface area contributed by atoms with Crippen molar-refractivity contribution in [3.63, 3.8) is 0 Å². The van der Waals surface area contributed by atoms with Crippen LogP contribution >= 0.6 is 0 Å². The summed E-state index contributed by atoms with van der Waals surface area (Å²) in [4.78, 5) is 27.3. The lowest BCUT2D eigenvalue weighted by atomic mass is 10.1. The molecule has 1 aromatic rings. The Bertz CT molecular complexity index is 723. The van der Waals surface area contributed by atoms with E-state index in [4.69, 9.17) is 9.47 Å². The molecule has 0 spiro atoms. The van der Waals surface area contributed by atoms with Crippen LogP contribution in [0.25, 0.3) is 0 Å². The maximum Gasteiger partial charge on any atom is 0.350 e. The lowest BCUT2D eigenvalue weighted by molar-refractivity contribution is -0.143. The van der Waals surface area contributed by atoms with Crippen LogP contribution in [0.4, 0.5) is 0 Å². The number of ether oxygens (including phenoxy) is 2. The van der Waals surface area contributed by atoms with Gasteiger partial charge in [-0.05, 0) is 50.8 Å². The van der Waals surface area contributed by atoms with E-state index in [0.717, 1.165) is 32.4 Å². The third kappa shape index (κ3) is 13.9. The van der Waals surface area contributed by atoms with Crippen molar-refractivity contribution in [1.82, 2.24) is 4.90 Å². The van der Waals surface area contributed by atoms with E-state index < -0.39 is 11.9 Å². The Morgan fingerprint density at radius 3 is 1.88 bits per heavy atom. The zero-order valence-corrected chi connectivity index (χ0v) is 21.6. The first-order chi connectivity index (χ1) is 16.6. The second-order valence-electron chi connectivity index (χ2n) is 8.52. The predicted molar refractivity (Wildman–Crippen MR) is 140 cm³/mol. The van der Waals surface area contributed by atoms with Gasteiger partial charge in [0.05, 0.1) is 6.61 Å². The fraction of sp³-hybridized carbons (Fsp3) is 0.586. The SMILES string of the molecule is CCCCCCCCCCCCCOC(=O)/C(=C/C=C/N(CC)CC)C(=O)Oc1ccccc1. The molecule has 0 radical (unpaired) electrons. The molecule has 0 amide bonds. The van der Waals surface area contributed by atoms with Crippen molar-refractivity contribution in [1.29, 1.82) is 0 Å². The molecule has 0 unspecified atom stereocenters. The summed E-state index contributed by atoms with van der Waals surface area (Å²) in [6.45, 7) is 8.33. The second kappa shape index (κ2) is 19.9. The van der Waals surface area contributed by atoms with Crippen molar-refractivity contribution in [2.75, 3.05) is 19.7 Å². The highest BCUT2D eigenvalue weighted by atomic mass is 16.6. The van der Waals surface area contributed by atoms with Crippen LogP contribution in [0.3, 0.4) is 0 Å². The van der Waals surface area contributed by atoms with E-state index in [0.29, 0.717) is 12.4 Å². The molecule has 1 rings (SSSR count). The zero-order valence-electron chi connectivity index (χ0n) is 21.6. The van der Waals surface area contributed by atoms with Crippen molar-refractivity contribution in [3.8, 4) is 5.75 Å². The van der Waals surface area contributed by atoms with Gasteiger partial charge in [-0.15, -0.1) is 0 Å². The first kappa shape index (κ1) is 29.5. The summed E-state index contributed by atoms with van der Waals surface area (Å²) in [6, 6.07) is 8.74. The van der Waals surface area contributed by atoms with Gasteiger partial charge in [0.1, 0.15) is 11.3 Å². The first-order valence-corrected chi connectivity index (χ1v) is 13.2. The number of hydrogen-bond acceptors (Lipinski definition) is 5. The van der Waals surface area contributed by atoms with E-state index in [2.05, 4.69) is 11.8 Å². The molecule has 0 saturated carbocycles. The molecular formula is C29H45NO4. The molecule has 1 aromatic carbocycles.